The van der Waals surface area contributed by atoms with Gasteiger partial charge in [-0.3, -0.25) is 4.79 Å². The van der Waals surface area contributed by atoms with Crippen LogP contribution in [0.2, 0.25) is 6.30 Å². The monoisotopic (exact) mass is 85.0 g/mol. The van der Waals surface area contributed by atoms with Crippen molar-refractivity contribution in [1.29, 1.82) is 0 Å². The van der Waals surface area contributed by atoms with Crippen LogP contribution in [0.15, 0.2) is 0 Å². The first-order valence-corrected chi connectivity index (χ1v) is 1.52. The molecule has 0 saturated carbocycles. The molecule has 0 aromatic heterocycles. The minimum Gasteiger partial charge on any atom is -0.481 e. The molecule has 0 aromatic rings. The van der Waals surface area contributed by atoms with Crippen LogP contribution in [-0.4, -0.2) is 18.9 Å². The maximum absolute atomic E-state index is 9.61. The number of carboxylic acid groups (broad SMARTS) is 1. The van der Waals surface area contributed by atoms with Gasteiger partial charge in [0.15, 0.2) is 0 Å². The van der Waals surface area contributed by atoms with Gasteiger partial charge < -0.3 is 5.11 Å². The van der Waals surface area contributed by atoms with Crippen LogP contribution in [0.25, 0.3) is 0 Å². The molecule has 3 heteroatoms. The largest absolute Gasteiger partial charge is 0.481 e. The van der Waals surface area contributed by atoms with E-state index in [2.05, 4.69) is 0 Å². The number of carboxylic acids is 1. The molecule has 1 unspecified atom stereocenters. The second-order valence-electron chi connectivity index (χ2n) is 0.834. The zero-order valence-corrected chi connectivity index (χ0v) is 3.22. The Morgan fingerprint density at radius 1 is 2.17 bits per heavy atom. The molecule has 0 saturated heterocycles. The Bertz CT molecular complexity index is 73.3. The molecule has 0 rings (SSSR count). The highest BCUT2D eigenvalue weighted by Crippen LogP contribution is 1.79. The number of aliphatic carboxylic acids is 1. The lowest BCUT2D eigenvalue weighted by atomic mass is 10.0. The van der Waals surface area contributed by atoms with Crippen LogP contribution in [0.5, 0.6) is 0 Å². The number of rotatable bonds is 2. The summed E-state index contributed by atoms with van der Waals surface area (Å²) in [5.41, 5.74) is 0. The van der Waals surface area contributed by atoms with Gasteiger partial charge in [-0.05, 0) is 0 Å². The molecular weight excluding hydrogens is 78.8 g/mol. The third-order valence-corrected chi connectivity index (χ3v) is 0.292. The molecule has 0 aliphatic carbocycles. The summed E-state index contributed by atoms with van der Waals surface area (Å²) in [7, 11) is 4.78. The van der Waals surface area contributed by atoms with Gasteiger partial charge >= 0.3 is 5.97 Å². The average molecular weight is 84.9 g/mol. The molecule has 2 nitrogen and oxygen atoms in total. The van der Waals surface area contributed by atoms with Crippen molar-refractivity contribution in [3.8, 4) is 0 Å². The quantitative estimate of drug-likeness (QED) is 0.481. The Morgan fingerprint density at radius 3 is 2.67 bits per heavy atom. The van der Waals surface area contributed by atoms with E-state index in [-0.39, 0.29) is 6.42 Å². The summed E-state index contributed by atoms with van der Waals surface area (Å²) in [5.74, 6) is -1.03. The van der Waals surface area contributed by atoms with Crippen LogP contribution in [0.4, 0.5) is 0 Å². The first-order chi connectivity index (χ1) is 3.13. The van der Waals surface area contributed by atoms with Crippen LogP contribution in [-0.2, 0) is 4.79 Å². The van der Waals surface area contributed by atoms with E-state index in [0.29, 0.717) is 0 Å². The predicted octanol–water partition coefficient (Wildman–Crippen LogP) is 0.0479. The van der Waals surface area contributed by atoms with Gasteiger partial charge in [-0.25, -0.2) is 0 Å². The van der Waals surface area contributed by atoms with Crippen LogP contribution in [0, 0.1) is 0 Å². The number of carbonyl (C=O) groups is 1. The van der Waals surface area contributed by atoms with Crippen molar-refractivity contribution in [2.45, 2.75) is 12.7 Å². The molecule has 1 N–H and O–H groups in total. The fraction of sp³-hybridized carbons (Fsp3) is 0.667. The summed E-state index contributed by atoms with van der Waals surface area (Å²) >= 11 is 0. The van der Waals surface area contributed by atoms with Gasteiger partial charge in [0.1, 0.15) is 0 Å². The van der Waals surface area contributed by atoms with Crippen LogP contribution < -0.4 is 0 Å². The first kappa shape index (κ1) is 3.72. The molecule has 0 spiro atoms. The lowest BCUT2D eigenvalue weighted by Gasteiger charge is -1.79. The highest BCUT2D eigenvalue weighted by Gasteiger charge is 1.87. The standard InChI is InChI=1S/C3H5BO2/c4-2-1-3(5)6/h1-2H2,(H,5,6)/i2D. The van der Waals surface area contributed by atoms with Crippen LogP contribution >= 0.6 is 0 Å². The Labute approximate surface area is 39.0 Å². The molecule has 32 valence electrons. The lowest BCUT2D eigenvalue weighted by Crippen LogP contribution is -1.91. The molecule has 2 radical (unpaired) electrons. The Balaban J connectivity index is 3.13. The minimum absolute atomic E-state index is 0.278. The summed E-state index contributed by atoms with van der Waals surface area (Å²) in [6.07, 6.45) is -1.25. The Kier molecular flexibility index (Phi) is 1.71. The number of hydrogen-bond acceptors (Lipinski definition) is 1. The van der Waals surface area contributed by atoms with Crippen molar-refractivity contribution >= 4 is 13.8 Å². The van der Waals surface area contributed by atoms with Gasteiger partial charge in [0.2, 0.25) is 0 Å². The first-order valence-electron chi connectivity index (χ1n) is 2.10. The van der Waals surface area contributed by atoms with Gasteiger partial charge in [0.05, 0.1) is 7.85 Å². The van der Waals surface area contributed by atoms with Crippen molar-refractivity contribution in [2.75, 3.05) is 0 Å². The van der Waals surface area contributed by atoms with Gasteiger partial charge in [-0.15, -0.1) is 0 Å². The fourth-order valence-electron chi connectivity index (χ4n) is 0.101. The molecule has 0 heterocycles. The highest BCUT2D eigenvalue weighted by molar-refractivity contribution is 6.09. The zero-order valence-electron chi connectivity index (χ0n) is 4.22. The SMILES string of the molecule is [2H]C([B])CC(=O)O. The van der Waals surface area contributed by atoms with Crippen molar-refractivity contribution < 1.29 is 11.3 Å². The molecule has 0 aliphatic heterocycles. The maximum Gasteiger partial charge on any atom is 0.302 e. The van der Waals surface area contributed by atoms with Gasteiger partial charge in [0.25, 0.3) is 0 Å². The third-order valence-electron chi connectivity index (χ3n) is 0.292. The molecule has 0 fully saturated rings. The van der Waals surface area contributed by atoms with Crippen molar-refractivity contribution in [1.82, 2.24) is 0 Å². The molecule has 0 aromatic carbocycles. The smallest absolute Gasteiger partial charge is 0.302 e. The molecule has 1 atom stereocenters. The minimum atomic E-state index is -1.03. The summed E-state index contributed by atoms with van der Waals surface area (Å²) in [6.45, 7) is 0. The average Bonchev–Trinajstić information content (AvgIpc) is 1.27. The van der Waals surface area contributed by atoms with Crippen molar-refractivity contribution in [2.24, 2.45) is 0 Å². The molecule has 6 heavy (non-hydrogen) atoms. The van der Waals surface area contributed by atoms with Crippen LogP contribution in [0.1, 0.15) is 7.79 Å². The Morgan fingerprint density at radius 2 is 2.67 bits per heavy atom. The van der Waals surface area contributed by atoms with E-state index in [1.807, 2.05) is 0 Å². The predicted molar refractivity (Wildman–Crippen MR) is 22.8 cm³/mol. The Hall–Kier alpha value is -0.465. The molecule has 0 aliphatic rings. The molecule has 0 bridgehead atoms. The van der Waals surface area contributed by atoms with Gasteiger partial charge in [0, 0.05) is 7.79 Å². The normalized spacial score (nSPS) is 15.7. The van der Waals surface area contributed by atoms with E-state index >= 15 is 0 Å². The van der Waals surface area contributed by atoms with E-state index in [1.165, 1.54) is 0 Å². The van der Waals surface area contributed by atoms with E-state index in [4.69, 9.17) is 14.3 Å². The molecular formula is C3H5BO2. The second-order valence-corrected chi connectivity index (χ2v) is 0.834. The summed E-state index contributed by atoms with van der Waals surface area (Å²) in [6, 6.07) is 0. The highest BCUT2D eigenvalue weighted by atomic mass is 16.4. The third kappa shape index (κ3) is 3.53. The summed E-state index contributed by atoms with van der Waals surface area (Å²) in [5, 5.41) is 7.88. The van der Waals surface area contributed by atoms with Gasteiger partial charge in [-0.2, -0.15) is 0 Å². The lowest BCUT2D eigenvalue weighted by molar-refractivity contribution is -0.136. The van der Waals surface area contributed by atoms with E-state index in [0.717, 1.165) is 0 Å². The number of hydrogen-bond donors (Lipinski definition) is 1. The van der Waals surface area contributed by atoms with Crippen LogP contribution in [0.3, 0.4) is 0 Å². The maximum atomic E-state index is 9.61. The summed E-state index contributed by atoms with van der Waals surface area (Å²) < 4.78 is 6.50. The van der Waals surface area contributed by atoms with Crippen molar-refractivity contribution in [3.05, 3.63) is 0 Å². The van der Waals surface area contributed by atoms with E-state index < -0.39 is 12.3 Å². The van der Waals surface area contributed by atoms with Gasteiger partial charge in [-0.1, -0.05) is 6.30 Å². The van der Waals surface area contributed by atoms with E-state index in [9.17, 15) is 4.79 Å². The zero-order chi connectivity index (χ0) is 5.86. The molecule has 0 amide bonds. The fourth-order valence-corrected chi connectivity index (χ4v) is 0.101. The topological polar surface area (TPSA) is 37.3 Å². The summed E-state index contributed by atoms with van der Waals surface area (Å²) in [4.78, 5) is 9.61. The second kappa shape index (κ2) is 2.76. The van der Waals surface area contributed by atoms with Crippen molar-refractivity contribution in [3.63, 3.8) is 0 Å². The van der Waals surface area contributed by atoms with E-state index in [1.54, 1.807) is 0 Å².